The number of nitrogens with zero attached hydrogens (tertiary/aromatic N) is 1. The molecule has 0 aliphatic heterocycles. The van der Waals surface area contributed by atoms with Crippen molar-refractivity contribution in [2.45, 2.75) is 26.2 Å². The smallest absolute Gasteiger partial charge is 0.228 e. The Labute approximate surface area is 66.5 Å². The van der Waals surface area contributed by atoms with Crippen LogP contribution in [-0.2, 0) is 9.59 Å². The molecule has 64 valence electrons. The van der Waals surface area contributed by atoms with Crippen LogP contribution in [0.25, 0.3) is 0 Å². The monoisotopic (exact) mass is 158 g/mol. The Bertz CT molecular complexity index is 117. The predicted octanol–water partition coefficient (Wildman–Crippen LogP) is 0.296. The number of unbranched alkanes of at least 4 members (excludes halogenated alkanes) is 2. The lowest BCUT2D eigenvalue weighted by atomic mass is 10.2. The second-order valence-corrected chi connectivity index (χ2v) is 2.25. The number of nitrogens with one attached hydrogen (secondary N) is 1. The molecule has 4 heteroatoms. The largest absolute Gasteiger partial charge is 0.277 e. The van der Waals surface area contributed by atoms with Crippen molar-refractivity contribution in [1.82, 2.24) is 10.4 Å². The number of amides is 2. The number of carbonyl (C=O) groups excluding carboxylic acids is 2. The molecule has 0 saturated carbocycles. The van der Waals surface area contributed by atoms with Crippen molar-refractivity contribution in [3.63, 3.8) is 0 Å². The van der Waals surface area contributed by atoms with Crippen molar-refractivity contribution in [1.29, 1.82) is 0 Å². The summed E-state index contributed by atoms with van der Waals surface area (Å²) in [5.41, 5.74) is 2.28. The Hall–Kier alpha value is -1.06. The van der Waals surface area contributed by atoms with Crippen LogP contribution in [-0.4, -0.2) is 24.4 Å². The highest BCUT2D eigenvalue weighted by atomic mass is 16.2. The van der Waals surface area contributed by atoms with Crippen LogP contribution in [0.4, 0.5) is 0 Å². The topological polar surface area (TPSA) is 49.4 Å². The van der Waals surface area contributed by atoms with E-state index in [-0.39, 0.29) is 0 Å². The second-order valence-electron chi connectivity index (χ2n) is 2.25. The van der Waals surface area contributed by atoms with Crippen molar-refractivity contribution >= 4 is 12.8 Å². The number of hydrogen-bond acceptors (Lipinski definition) is 2. The number of hydrazine groups is 1. The van der Waals surface area contributed by atoms with Crippen LogP contribution in [0.1, 0.15) is 26.2 Å². The van der Waals surface area contributed by atoms with E-state index in [0.717, 1.165) is 19.3 Å². The third-order valence-corrected chi connectivity index (χ3v) is 1.35. The molecular weight excluding hydrogens is 144 g/mol. The van der Waals surface area contributed by atoms with Gasteiger partial charge in [-0.25, -0.2) is 0 Å². The molecule has 0 unspecified atom stereocenters. The average molecular weight is 158 g/mol. The van der Waals surface area contributed by atoms with E-state index in [1.165, 1.54) is 5.01 Å². The van der Waals surface area contributed by atoms with E-state index in [9.17, 15) is 9.59 Å². The molecule has 0 bridgehead atoms. The van der Waals surface area contributed by atoms with Crippen molar-refractivity contribution in [2.75, 3.05) is 6.54 Å². The van der Waals surface area contributed by atoms with Gasteiger partial charge < -0.3 is 0 Å². The SMILES string of the molecule is CCCCCN(C=O)NC=O. The van der Waals surface area contributed by atoms with E-state index < -0.39 is 0 Å². The highest BCUT2D eigenvalue weighted by molar-refractivity contribution is 5.53. The molecule has 0 saturated heterocycles. The Balaban J connectivity index is 3.35. The van der Waals surface area contributed by atoms with Gasteiger partial charge in [0.25, 0.3) is 0 Å². The van der Waals surface area contributed by atoms with E-state index >= 15 is 0 Å². The molecule has 0 radical (unpaired) electrons. The summed E-state index contributed by atoms with van der Waals surface area (Å²) in [5.74, 6) is 0. The highest BCUT2D eigenvalue weighted by Gasteiger charge is 1.96. The van der Waals surface area contributed by atoms with Gasteiger partial charge in [-0.15, -0.1) is 0 Å². The van der Waals surface area contributed by atoms with E-state index in [1.54, 1.807) is 0 Å². The van der Waals surface area contributed by atoms with Crippen LogP contribution in [0.15, 0.2) is 0 Å². The second kappa shape index (κ2) is 7.05. The van der Waals surface area contributed by atoms with E-state index in [1.807, 2.05) is 0 Å². The third-order valence-electron chi connectivity index (χ3n) is 1.35. The van der Waals surface area contributed by atoms with Gasteiger partial charge in [0.15, 0.2) is 0 Å². The van der Waals surface area contributed by atoms with Gasteiger partial charge in [0.05, 0.1) is 0 Å². The molecule has 0 rings (SSSR count). The Morgan fingerprint density at radius 1 is 1.36 bits per heavy atom. The van der Waals surface area contributed by atoms with Crippen LogP contribution in [0.5, 0.6) is 0 Å². The molecule has 4 nitrogen and oxygen atoms in total. The maximum atomic E-state index is 10.2. The molecule has 0 aromatic rings. The van der Waals surface area contributed by atoms with Gasteiger partial charge in [0, 0.05) is 6.54 Å². The minimum absolute atomic E-state index is 0.500. The first-order valence-corrected chi connectivity index (χ1v) is 3.77. The van der Waals surface area contributed by atoms with E-state index in [4.69, 9.17) is 0 Å². The maximum absolute atomic E-state index is 10.2. The zero-order valence-corrected chi connectivity index (χ0v) is 6.75. The standard InChI is InChI=1S/C7H14N2O2/c1-2-3-4-5-9(7-11)8-6-10/h6-7H,2-5H2,1H3,(H,8,10). The Kier molecular flexibility index (Phi) is 6.37. The van der Waals surface area contributed by atoms with Gasteiger partial charge in [0.1, 0.15) is 0 Å². The fraction of sp³-hybridized carbons (Fsp3) is 0.714. The van der Waals surface area contributed by atoms with Crippen molar-refractivity contribution in [3.05, 3.63) is 0 Å². The van der Waals surface area contributed by atoms with Gasteiger partial charge in [0.2, 0.25) is 12.8 Å². The van der Waals surface area contributed by atoms with Crippen LogP contribution >= 0.6 is 0 Å². The summed E-state index contributed by atoms with van der Waals surface area (Å²) in [7, 11) is 0. The lowest BCUT2D eigenvalue weighted by Gasteiger charge is -2.13. The molecule has 0 aromatic carbocycles. The predicted molar refractivity (Wildman–Crippen MR) is 41.5 cm³/mol. The van der Waals surface area contributed by atoms with Gasteiger partial charge in [-0.05, 0) is 6.42 Å². The maximum Gasteiger partial charge on any atom is 0.228 e. The van der Waals surface area contributed by atoms with Crippen molar-refractivity contribution in [3.8, 4) is 0 Å². The van der Waals surface area contributed by atoms with Crippen molar-refractivity contribution in [2.24, 2.45) is 0 Å². The molecule has 0 spiro atoms. The molecule has 0 aliphatic carbocycles. The number of rotatable bonds is 7. The Morgan fingerprint density at radius 3 is 2.55 bits per heavy atom. The molecular formula is C7H14N2O2. The summed E-state index contributed by atoms with van der Waals surface area (Å²) in [5, 5.41) is 1.24. The summed E-state index contributed by atoms with van der Waals surface area (Å²) in [6.07, 6.45) is 4.22. The van der Waals surface area contributed by atoms with Gasteiger partial charge in [-0.2, -0.15) is 0 Å². The quantitative estimate of drug-likeness (QED) is 0.329. The lowest BCUT2D eigenvalue weighted by Crippen LogP contribution is -2.36. The summed E-state index contributed by atoms with van der Waals surface area (Å²) < 4.78 is 0. The number of hydrogen-bond donors (Lipinski definition) is 1. The minimum atomic E-state index is 0.500. The lowest BCUT2D eigenvalue weighted by molar-refractivity contribution is -0.127. The normalized spacial score (nSPS) is 8.82. The van der Waals surface area contributed by atoms with Gasteiger partial charge in [-0.1, -0.05) is 19.8 Å². The molecule has 0 heterocycles. The van der Waals surface area contributed by atoms with Gasteiger partial charge in [-0.3, -0.25) is 20.0 Å². The van der Waals surface area contributed by atoms with Gasteiger partial charge >= 0.3 is 0 Å². The molecule has 0 fully saturated rings. The summed E-state index contributed by atoms with van der Waals surface area (Å²) in [6, 6.07) is 0. The average Bonchev–Trinajstić information content (AvgIpc) is 2.03. The Morgan fingerprint density at radius 2 is 2.09 bits per heavy atom. The summed E-state index contributed by atoms with van der Waals surface area (Å²) in [6.45, 7) is 2.68. The number of carbonyl (C=O) groups is 2. The van der Waals surface area contributed by atoms with E-state index in [0.29, 0.717) is 19.4 Å². The first kappa shape index (κ1) is 9.94. The summed E-state index contributed by atoms with van der Waals surface area (Å²) in [4.78, 5) is 20.1. The first-order valence-electron chi connectivity index (χ1n) is 3.77. The zero-order chi connectivity index (χ0) is 8.53. The fourth-order valence-corrected chi connectivity index (χ4v) is 0.748. The fourth-order valence-electron chi connectivity index (χ4n) is 0.748. The van der Waals surface area contributed by atoms with Crippen LogP contribution < -0.4 is 5.43 Å². The molecule has 2 amide bonds. The van der Waals surface area contributed by atoms with Crippen LogP contribution in [0.3, 0.4) is 0 Å². The molecule has 0 aromatic heterocycles. The van der Waals surface area contributed by atoms with Crippen LogP contribution in [0, 0.1) is 0 Å². The minimum Gasteiger partial charge on any atom is -0.277 e. The molecule has 0 atom stereocenters. The first-order chi connectivity index (χ1) is 5.35. The third kappa shape index (κ3) is 5.39. The van der Waals surface area contributed by atoms with E-state index in [2.05, 4.69) is 12.3 Å². The highest BCUT2D eigenvalue weighted by Crippen LogP contribution is 1.93. The zero-order valence-electron chi connectivity index (χ0n) is 6.75. The molecule has 1 N–H and O–H groups in total. The molecule has 11 heavy (non-hydrogen) atoms. The van der Waals surface area contributed by atoms with Crippen LogP contribution in [0.2, 0.25) is 0 Å². The van der Waals surface area contributed by atoms with Crippen molar-refractivity contribution < 1.29 is 9.59 Å². The molecule has 0 aliphatic rings. The summed E-state index contributed by atoms with van der Waals surface area (Å²) >= 11 is 0.